The third kappa shape index (κ3) is 4.71. The molecular weight excluding hydrogens is 340 g/mol. The van der Waals surface area contributed by atoms with E-state index in [0.29, 0.717) is 0 Å². The Labute approximate surface area is 132 Å². The molecule has 2 aromatic rings. The number of alkyl halides is 6. The highest BCUT2D eigenvalue weighted by Crippen LogP contribution is 2.41. The average Bonchev–Trinajstić information content (AvgIpc) is 2.44. The first-order valence-corrected chi connectivity index (χ1v) is 6.50. The molecular formula is C15H11F6NO2. The molecule has 0 aliphatic rings. The molecule has 0 saturated heterocycles. The molecule has 9 heteroatoms. The summed E-state index contributed by atoms with van der Waals surface area (Å²) in [6, 6.07) is 8.97. The molecule has 0 aliphatic heterocycles. The molecule has 3 nitrogen and oxygen atoms in total. The number of halogens is 6. The molecule has 2 rings (SSSR count). The predicted molar refractivity (Wildman–Crippen MR) is 74.5 cm³/mol. The zero-order valence-electron chi connectivity index (χ0n) is 11.9. The quantitative estimate of drug-likeness (QED) is 0.637. The van der Waals surface area contributed by atoms with Gasteiger partial charge in [-0.25, -0.2) is 0 Å². The van der Waals surface area contributed by atoms with Gasteiger partial charge in [-0.05, 0) is 12.1 Å². The van der Waals surface area contributed by atoms with Crippen molar-refractivity contribution in [3.05, 3.63) is 42.5 Å². The van der Waals surface area contributed by atoms with E-state index in [1.54, 1.807) is 0 Å². The number of nitrogen functional groups attached to an aromatic ring is 1. The predicted octanol–water partition coefficient (Wildman–Crippen LogP) is 4.78. The largest absolute Gasteiger partial charge is 0.573 e. The maximum Gasteiger partial charge on any atom is 0.573 e. The summed E-state index contributed by atoms with van der Waals surface area (Å²) in [5.41, 5.74) is 5.33. The smallest absolute Gasteiger partial charge is 0.481 e. The number of ether oxygens (including phenoxy) is 2. The number of hydrogen-bond donors (Lipinski definition) is 1. The number of nitrogens with two attached hydrogens (primary N) is 1. The van der Waals surface area contributed by atoms with Crippen LogP contribution in [-0.2, 0) is 0 Å². The summed E-state index contributed by atoms with van der Waals surface area (Å²) in [6.07, 6.45) is -9.58. The van der Waals surface area contributed by atoms with Crippen molar-refractivity contribution in [1.82, 2.24) is 0 Å². The Hall–Kier alpha value is -2.58. The first-order valence-electron chi connectivity index (χ1n) is 6.50. The van der Waals surface area contributed by atoms with Crippen LogP contribution in [0, 0.1) is 0 Å². The summed E-state index contributed by atoms with van der Waals surface area (Å²) in [5.74, 6) is -0.944. The lowest BCUT2D eigenvalue weighted by molar-refractivity contribution is -0.274. The van der Waals surface area contributed by atoms with Crippen molar-refractivity contribution in [3.8, 4) is 22.6 Å². The van der Waals surface area contributed by atoms with Gasteiger partial charge in [-0.2, -0.15) is 13.2 Å². The fourth-order valence-electron chi connectivity index (χ4n) is 1.98. The minimum Gasteiger partial charge on any atom is -0.481 e. The second-order valence-corrected chi connectivity index (χ2v) is 4.67. The normalized spacial score (nSPS) is 12.1. The maximum absolute atomic E-state index is 12.5. The highest BCUT2D eigenvalue weighted by molar-refractivity contribution is 5.80. The highest BCUT2D eigenvalue weighted by Gasteiger charge is 2.33. The van der Waals surface area contributed by atoms with Crippen molar-refractivity contribution in [2.45, 2.75) is 12.5 Å². The molecule has 130 valence electrons. The number of anilines is 1. The third-order valence-electron chi connectivity index (χ3n) is 2.83. The van der Waals surface area contributed by atoms with Crippen LogP contribution in [0.3, 0.4) is 0 Å². The lowest BCUT2D eigenvalue weighted by Gasteiger charge is -2.18. The average molecular weight is 351 g/mol. The Balaban J connectivity index is 2.48. The molecule has 0 spiro atoms. The Morgan fingerprint density at radius 2 is 1.46 bits per heavy atom. The summed E-state index contributed by atoms with van der Waals surface area (Å²) in [4.78, 5) is 0. The third-order valence-corrected chi connectivity index (χ3v) is 2.83. The van der Waals surface area contributed by atoms with Gasteiger partial charge in [0.05, 0.1) is 5.69 Å². The van der Waals surface area contributed by atoms with Crippen molar-refractivity contribution in [1.29, 1.82) is 0 Å². The summed E-state index contributed by atoms with van der Waals surface area (Å²) in [7, 11) is 0. The molecule has 0 bridgehead atoms. The van der Waals surface area contributed by atoms with Crippen molar-refractivity contribution in [3.63, 3.8) is 0 Å². The van der Waals surface area contributed by atoms with E-state index >= 15 is 0 Å². The molecule has 0 aliphatic carbocycles. The standard InChI is InChI=1S/C15H11F6NO2/c16-14(17,18)8-23-13-10(5-3-6-11(13)22)9-4-1-2-7-12(9)24-15(19,20)21/h1-7H,8,22H2. The summed E-state index contributed by atoms with van der Waals surface area (Å²) >= 11 is 0. The van der Waals surface area contributed by atoms with Gasteiger partial charge in [0.15, 0.2) is 12.4 Å². The molecule has 2 N–H and O–H groups in total. The van der Waals surface area contributed by atoms with Crippen molar-refractivity contribution in [2.24, 2.45) is 0 Å². The summed E-state index contributed by atoms with van der Waals surface area (Å²) in [5, 5.41) is 0. The van der Waals surface area contributed by atoms with Crippen LogP contribution in [-0.4, -0.2) is 19.1 Å². The zero-order chi connectivity index (χ0) is 18.0. The van der Waals surface area contributed by atoms with Crippen LogP contribution >= 0.6 is 0 Å². The number of para-hydroxylation sites is 2. The topological polar surface area (TPSA) is 44.5 Å². The highest BCUT2D eigenvalue weighted by atomic mass is 19.4. The molecule has 24 heavy (non-hydrogen) atoms. The number of hydrogen-bond acceptors (Lipinski definition) is 3. The van der Waals surface area contributed by atoms with Crippen LogP contribution in [0.1, 0.15) is 0 Å². The Morgan fingerprint density at radius 3 is 2.08 bits per heavy atom. The van der Waals surface area contributed by atoms with E-state index in [4.69, 9.17) is 5.73 Å². The maximum atomic E-state index is 12.5. The Bertz CT molecular complexity index is 712. The van der Waals surface area contributed by atoms with Crippen LogP contribution in [0.4, 0.5) is 32.0 Å². The Kier molecular flexibility index (Phi) is 4.81. The molecule has 0 unspecified atom stereocenters. The molecule has 0 saturated carbocycles. The van der Waals surface area contributed by atoms with Crippen molar-refractivity contribution < 1.29 is 35.8 Å². The number of rotatable bonds is 4. The monoisotopic (exact) mass is 351 g/mol. The van der Waals surface area contributed by atoms with Crippen LogP contribution < -0.4 is 15.2 Å². The van der Waals surface area contributed by atoms with Gasteiger partial charge in [0.2, 0.25) is 0 Å². The lowest BCUT2D eigenvalue weighted by atomic mass is 10.0. The van der Waals surface area contributed by atoms with Gasteiger partial charge in [0, 0.05) is 11.1 Å². The number of benzene rings is 2. The van der Waals surface area contributed by atoms with Crippen LogP contribution in [0.15, 0.2) is 42.5 Å². The van der Waals surface area contributed by atoms with E-state index in [-0.39, 0.29) is 22.6 Å². The zero-order valence-corrected chi connectivity index (χ0v) is 11.9. The fraction of sp³-hybridized carbons (Fsp3) is 0.200. The Morgan fingerprint density at radius 1 is 0.833 bits per heavy atom. The molecule has 0 amide bonds. The molecule has 0 radical (unpaired) electrons. The minimum atomic E-state index is -4.95. The summed E-state index contributed by atoms with van der Waals surface area (Å²) < 4.78 is 83.2. The van der Waals surface area contributed by atoms with E-state index in [0.717, 1.165) is 6.07 Å². The van der Waals surface area contributed by atoms with Gasteiger partial charge in [-0.3, -0.25) is 0 Å². The van der Waals surface area contributed by atoms with Gasteiger partial charge in [0.1, 0.15) is 5.75 Å². The van der Waals surface area contributed by atoms with Gasteiger partial charge in [0.25, 0.3) is 0 Å². The van der Waals surface area contributed by atoms with Crippen molar-refractivity contribution >= 4 is 5.69 Å². The van der Waals surface area contributed by atoms with E-state index in [2.05, 4.69) is 9.47 Å². The SMILES string of the molecule is Nc1cccc(-c2ccccc2OC(F)(F)F)c1OCC(F)(F)F. The minimum absolute atomic E-state index is 0.0425. The van der Waals surface area contributed by atoms with Gasteiger partial charge in [-0.15, -0.1) is 13.2 Å². The molecule has 0 heterocycles. The van der Waals surface area contributed by atoms with E-state index < -0.39 is 24.9 Å². The van der Waals surface area contributed by atoms with E-state index in [1.807, 2.05) is 0 Å². The molecule has 0 atom stereocenters. The second-order valence-electron chi connectivity index (χ2n) is 4.67. The molecule has 0 fully saturated rings. The fourth-order valence-corrected chi connectivity index (χ4v) is 1.98. The van der Waals surface area contributed by atoms with Gasteiger partial charge in [-0.1, -0.05) is 30.3 Å². The molecule has 2 aromatic carbocycles. The molecule has 0 aromatic heterocycles. The van der Waals surface area contributed by atoms with Crippen LogP contribution in [0.25, 0.3) is 11.1 Å². The first kappa shape index (κ1) is 17.8. The second kappa shape index (κ2) is 6.50. The van der Waals surface area contributed by atoms with Gasteiger partial charge >= 0.3 is 12.5 Å². The van der Waals surface area contributed by atoms with Crippen molar-refractivity contribution in [2.75, 3.05) is 12.3 Å². The van der Waals surface area contributed by atoms with Crippen LogP contribution in [0.5, 0.6) is 11.5 Å². The lowest BCUT2D eigenvalue weighted by Crippen LogP contribution is -2.20. The first-order chi connectivity index (χ1) is 11.1. The van der Waals surface area contributed by atoms with E-state index in [1.165, 1.54) is 36.4 Å². The summed E-state index contributed by atoms with van der Waals surface area (Å²) in [6.45, 7) is -1.63. The van der Waals surface area contributed by atoms with Gasteiger partial charge < -0.3 is 15.2 Å². The van der Waals surface area contributed by atoms with E-state index in [9.17, 15) is 26.3 Å². The van der Waals surface area contributed by atoms with Crippen LogP contribution in [0.2, 0.25) is 0 Å².